The van der Waals surface area contributed by atoms with Crippen LogP contribution < -0.4 is 0 Å². The van der Waals surface area contributed by atoms with Crippen LogP contribution in [0.5, 0.6) is 0 Å². The molecule has 21 heavy (non-hydrogen) atoms. The lowest BCUT2D eigenvalue weighted by molar-refractivity contribution is -0.164. The molecule has 0 saturated carbocycles. The Morgan fingerprint density at radius 1 is 0.857 bits per heavy atom. The third kappa shape index (κ3) is 3.62. The van der Waals surface area contributed by atoms with Gasteiger partial charge in [0.1, 0.15) is 0 Å². The van der Waals surface area contributed by atoms with Gasteiger partial charge in [0.25, 0.3) is 0 Å². The highest BCUT2D eigenvalue weighted by Gasteiger charge is 2.46. The second-order valence-corrected chi connectivity index (χ2v) is 4.05. The van der Waals surface area contributed by atoms with Gasteiger partial charge in [0.05, 0.1) is 19.8 Å². The summed E-state index contributed by atoms with van der Waals surface area (Å²) in [6, 6.07) is 0. The first-order valence-corrected chi connectivity index (χ1v) is 6.70. The first-order chi connectivity index (χ1) is 10.0. The monoisotopic (exact) mass is 297 g/mol. The molecule has 1 heterocycles. The van der Waals surface area contributed by atoms with Crippen LogP contribution >= 0.6 is 0 Å². The molecular formula is C14H19NO6. The number of rotatable bonds is 5. The van der Waals surface area contributed by atoms with Gasteiger partial charge in [-0.25, -0.2) is 4.79 Å². The number of hydrogen-bond donors (Lipinski definition) is 0. The highest BCUT2D eigenvalue weighted by atomic mass is 16.6. The van der Waals surface area contributed by atoms with Crippen molar-refractivity contribution < 1.29 is 28.6 Å². The van der Waals surface area contributed by atoms with Gasteiger partial charge in [0, 0.05) is 12.4 Å². The van der Waals surface area contributed by atoms with E-state index >= 15 is 0 Å². The number of ether oxygens (including phenoxy) is 3. The van der Waals surface area contributed by atoms with Gasteiger partial charge in [-0.2, -0.15) is 0 Å². The fourth-order valence-electron chi connectivity index (χ4n) is 1.68. The number of carbonyl (C=O) groups is 3. The van der Waals surface area contributed by atoms with E-state index in [0.717, 1.165) is 4.90 Å². The molecule has 1 aliphatic heterocycles. The van der Waals surface area contributed by atoms with Crippen molar-refractivity contribution in [2.24, 2.45) is 5.41 Å². The Morgan fingerprint density at radius 3 is 1.67 bits per heavy atom. The molecule has 0 unspecified atom stereocenters. The first-order valence-electron chi connectivity index (χ1n) is 6.70. The van der Waals surface area contributed by atoms with Crippen LogP contribution in [0.3, 0.4) is 0 Å². The van der Waals surface area contributed by atoms with Crippen LogP contribution in [-0.2, 0) is 23.8 Å². The number of hydrogen-bond acceptors (Lipinski definition) is 6. The van der Waals surface area contributed by atoms with Crippen molar-refractivity contribution in [1.82, 2.24) is 4.90 Å². The van der Waals surface area contributed by atoms with E-state index in [4.69, 9.17) is 14.2 Å². The predicted octanol–water partition coefficient (Wildman–Crippen LogP) is 1.60. The minimum absolute atomic E-state index is 0.128. The maximum Gasteiger partial charge on any atom is 0.417 e. The van der Waals surface area contributed by atoms with Crippen molar-refractivity contribution in [2.75, 3.05) is 19.8 Å². The van der Waals surface area contributed by atoms with Crippen molar-refractivity contribution in [3.8, 4) is 0 Å². The quantitative estimate of drug-likeness (QED) is 0.435. The molecule has 1 aliphatic rings. The highest BCUT2D eigenvalue weighted by Crippen LogP contribution is 2.29. The fourth-order valence-corrected chi connectivity index (χ4v) is 1.68. The molecule has 1 amide bonds. The summed E-state index contributed by atoms with van der Waals surface area (Å²) in [4.78, 5) is 36.9. The zero-order chi connectivity index (χ0) is 15.9. The van der Waals surface area contributed by atoms with Gasteiger partial charge in [-0.3, -0.25) is 14.5 Å². The molecule has 0 saturated heterocycles. The smallest absolute Gasteiger partial charge is 0.417 e. The Morgan fingerprint density at radius 2 is 1.29 bits per heavy atom. The number of esters is 2. The van der Waals surface area contributed by atoms with E-state index in [1.165, 1.54) is 24.6 Å². The van der Waals surface area contributed by atoms with Crippen molar-refractivity contribution in [3.05, 3.63) is 24.6 Å². The molecular weight excluding hydrogens is 278 g/mol. The Labute approximate surface area is 123 Å². The molecule has 0 atom stereocenters. The molecule has 1 rings (SSSR count). The van der Waals surface area contributed by atoms with Crippen LogP contribution in [0.1, 0.15) is 20.8 Å². The van der Waals surface area contributed by atoms with Gasteiger partial charge >= 0.3 is 18.0 Å². The molecule has 7 heteroatoms. The van der Waals surface area contributed by atoms with Gasteiger partial charge in [0.15, 0.2) is 0 Å². The van der Waals surface area contributed by atoms with E-state index in [1.807, 2.05) is 0 Å². The first kappa shape index (κ1) is 16.7. The minimum atomic E-state index is -1.67. The summed E-state index contributed by atoms with van der Waals surface area (Å²) in [6.07, 6.45) is 4.49. The summed E-state index contributed by atoms with van der Waals surface area (Å²) in [5.41, 5.74) is -1.67. The van der Waals surface area contributed by atoms with Crippen LogP contribution in [0.15, 0.2) is 24.6 Å². The number of nitrogens with zero attached hydrogens (tertiary/aromatic N) is 1. The largest absolute Gasteiger partial charge is 0.465 e. The SMILES string of the molecule is CCOC(=O)N1C=CC(C(=O)OCC)(C(=O)OCC)C=C1. The van der Waals surface area contributed by atoms with Gasteiger partial charge in [-0.05, 0) is 32.9 Å². The lowest BCUT2D eigenvalue weighted by atomic mass is 9.86. The molecule has 0 aromatic rings. The third-order valence-electron chi connectivity index (χ3n) is 2.70. The second-order valence-electron chi connectivity index (χ2n) is 4.05. The zero-order valence-electron chi connectivity index (χ0n) is 12.3. The van der Waals surface area contributed by atoms with Crippen LogP contribution in [0.2, 0.25) is 0 Å². The topological polar surface area (TPSA) is 82.1 Å². The van der Waals surface area contributed by atoms with Gasteiger partial charge < -0.3 is 14.2 Å². The maximum absolute atomic E-state index is 12.1. The summed E-state index contributed by atoms with van der Waals surface area (Å²) in [6.45, 7) is 5.43. The van der Waals surface area contributed by atoms with Crippen LogP contribution in [0.4, 0.5) is 4.79 Å². The molecule has 0 aromatic carbocycles. The summed E-state index contributed by atoms with van der Waals surface area (Å²) in [5.74, 6) is -1.50. The van der Waals surface area contributed by atoms with E-state index in [9.17, 15) is 14.4 Å². The molecule has 0 spiro atoms. The van der Waals surface area contributed by atoms with Gasteiger partial charge in [0.2, 0.25) is 5.41 Å². The normalized spacial score (nSPS) is 15.5. The van der Waals surface area contributed by atoms with E-state index in [-0.39, 0.29) is 19.8 Å². The highest BCUT2D eigenvalue weighted by molar-refractivity contribution is 6.05. The van der Waals surface area contributed by atoms with Gasteiger partial charge in [-0.1, -0.05) is 0 Å². The summed E-state index contributed by atoms with van der Waals surface area (Å²) < 4.78 is 14.7. The van der Waals surface area contributed by atoms with Gasteiger partial charge in [-0.15, -0.1) is 0 Å². The van der Waals surface area contributed by atoms with Crippen LogP contribution in [0, 0.1) is 5.41 Å². The Balaban J connectivity index is 3.00. The minimum Gasteiger partial charge on any atom is -0.465 e. The molecule has 0 bridgehead atoms. The average Bonchev–Trinajstić information content (AvgIpc) is 2.48. The Hall–Kier alpha value is -2.31. The zero-order valence-corrected chi connectivity index (χ0v) is 12.3. The summed E-state index contributed by atoms with van der Waals surface area (Å²) in [7, 11) is 0. The second kappa shape index (κ2) is 7.47. The average molecular weight is 297 g/mol. The summed E-state index contributed by atoms with van der Waals surface area (Å²) >= 11 is 0. The van der Waals surface area contributed by atoms with Crippen molar-refractivity contribution in [3.63, 3.8) is 0 Å². The molecule has 0 aromatic heterocycles. The molecule has 0 N–H and O–H groups in total. The molecule has 0 radical (unpaired) electrons. The van der Waals surface area contributed by atoms with Crippen LogP contribution in [0.25, 0.3) is 0 Å². The lowest BCUT2D eigenvalue weighted by Crippen LogP contribution is -2.41. The number of carbonyl (C=O) groups excluding carboxylic acids is 3. The third-order valence-corrected chi connectivity index (χ3v) is 2.70. The van der Waals surface area contributed by atoms with E-state index in [2.05, 4.69) is 0 Å². The maximum atomic E-state index is 12.1. The number of amides is 1. The standard InChI is InChI=1S/C14H19NO6/c1-4-19-11(16)14(12(17)20-5-2)7-9-15(10-8-14)13(18)21-6-3/h7-10H,4-6H2,1-3H3. The van der Waals surface area contributed by atoms with Crippen LogP contribution in [-0.4, -0.2) is 42.8 Å². The molecule has 0 aliphatic carbocycles. The Kier molecular flexibility index (Phi) is 5.95. The Bertz CT molecular complexity index is 434. The molecule has 7 nitrogen and oxygen atoms in total. The predicted molar refractivity (Wildman–Crippen MR) is 72.8 cm³/mol. The van der Waals surface area contributed by atoms with Crippen molar-refractivity contribution in [1.29, 1.82) is 0 Å². The fraction of sp³-hybridized carbons (Fsp3) is 0.500. The van der Waals surface area contributed by atoms with E-state index in [1.54, 1.807) is 20.8 Å². The van der Waals surface area contributed by atoms with Crippen molar-refractivity contribution >= 4 is 18.0 Å². The summed E-state index contributed by atoms with van der Waals surface area (Å²) in [5, 5.41) is 0. The molecule has 0 fully saturated rings. The van der Waals surface area contributed by atoms with Crippen molar-refractivity contribution in [2.45, 2.75) is 20.8 Å². The van der Waals surface area contributed by atoms with E-state index < -0.39 is 23.4 Å². The van der Waals surface area contributed by atoms with E-state index in [0.29, 0.717) is 0 Å². The molecule has 116 valence electrons. The lowest BCUT2D eigenvalue weighted by Gasteiger charge is -2.27.